The number of rotatable bonds is 2. The third kappa shape index (κ3) is 2.28. The Morgan fingerprint density at radius 1 is 1.47 bits per heavy atom. The first-order chi connectivity index (χ1) is 7.25. The lowest BCUT2D eigenvalue weighted by Gasteiger charge is -2.08. The minimum Gasteiger partial charge on any atom is -0.344 e. The van der Waals surface area contributed by atoms with Crippen molar-refractivity contribution < 1.29 is 9.59 Å². The van der Waals surface area contributed by atoms with Gasteiger partial charge < -0.3 is 5.32 Å². The van der Waals surface area contributed by atoms with Crippen LogP contribution in [0, 0.1) is 0 Å². The number of nitrogens with one attached hydrogen (secondary N) is 2. The first-order valence-corrected chi connectivity index (χ1v) is 4.63. The Kier molecular flexibility index (Phi) is 2.57. The number of carbonyl (C=O) groups excluding carboxylic acids is 2. The zero-order valence-electron chi connectivity index (χ0n) is 7.93. The highest BCUT2D eigenvalue weighted by Crippen LogP contribution is 2.08. The molecule has 1 unspecified atom stereocenters. The van der Waals surface area contributed by atoms with E-state index in [0.717, 1.165) is 0 Å². The van der Waals surface area contributed by atoms with Gasteiger partial charge in [0.2, 0.25) is 17.8 Å². The van der Waals surface area contributed by atoms with Gasteiger partial charge >= 0.3 is 0 Å². The Labute approximate surface area is 86.1 Å². The molecule has 2 heterocycles. The van der Waals surface area contributed by atoms with Crippen molar-refractivity contribution in [1.29, 1.82) is 0 Å². The number of aromatic nitrogens is 2. The molecule has 6 heteroatoms. The van der Waals surface area contributed by atoms with Gasteiger partial charge in [-0.25, -0.2) is 9.97 Å². The number of amides is 2. The van der Waals surface area contributed by atoms with Crippen molar-refractivity contribution >= 4 is 17.8 Å². The molecule has 1 atom stereocenters. The quantitative estimate of drug-likeness (QED) is 0.695. The Morgan fingerprint density at radius 2 is 2.20 bits per heavy atom. The predicted molar refractivity (Wildman–Crippen MR) is 51.8 cm³/mol. The van der Waals surface area contributed by atoms with E-state index in [1.54, 1.807) is 6.07 Å². The van der Waals surface area contributed by atoms with Gasteiger partial charge in [-0.1, -0.05) is 0 Å². The lowest BCUT2D eigenvalue weighted by molar-refractivity contribution is -0.122. The smallest absolute Gasteiger partial charge is 0.249 e. The van der Waals surface area contributed by atoms with Crippen molar-refractivity contribution in [3.05, 3.63) is 18.5 Å². The summed E-state index contributed by atoms with van der Waals surface area (Å²) >= 11 is 0. The van der Waals surface area contributed by atoms with Crippen LogP contribution in [0.4, 0.5) is 5.95 Å². The van der Waals surface area contributed by atoms with Crippen LogP contribution in [-0.2, 0) is 9.59 Å². The fourth-order valence-corrected chi connectivity index (χ4v) is 1.37. The molecule has 0 radical (unpaired) electrons. The monoisotopic (exact) mass is 206 g/mol. The van der Waals surface area contributed by atoms with E-state index in [4.69, 9.17) is 0 Å². The standard InChI is InChI=1S/C9H10N4O2/c14-7-3-2-6(12-7)8(15)13-9-10-4-1-5-11-9/h1,4-6H,2-3H2,(H,12,14)(H,10,11,13,15). The molecule has 0 spiro atoms. The van der Waals surface area contributed by atoms with Gasteiger partial charge in [-0.05, 0) is 12.5 Å². The van der Waals surface area contributed by atoms with Crippen LogP contribution in [0.5, 0.6) is 0 Å². The third-order valence-corrected chi connectivity index (χ3v) is 2.11. The highest BCUT2D eigenvalue weighted by atomic mass is 16.2. The molecule has 1 aromatic heterocycles. The maximum Gasteiger partial charge on any atom is 0.249 e. The van der Waals surface area contributed by atoms with Crippen LogP contribution in [0.1, 0.15) is 12.8 Å². The van der Waals surface area contributed by atoms with Crippen molar-refractivity contribution in [3.8, 4) is 0 Å². The normalized spacial score (nSPS) is 19.7. The molecule has 0 aliphatic carbocycles. The molecule has 2 amide bonds. The number of nitrogens with zero attached hydrogens (tertiary/aromatic N) is 2. The number of hydrogen-bond donors (Lipinski definition) is 2. The maximum atomic E-state index is 11.6. The number of hydrogen-bond acceptors (Lipinski definition) is 4. The third-order valence-electron chi connectivity index (χ3n) is 2.11. The first kappa shape index (κ1) is 9.57. The highest BCUT2D eigenvalue weighted by Gasteiger charge is 2.27. The van der Waals surface area contributed by atoms with E-state index in [-0.39, 0.29) is 17.8 Å². The molecule has 2 N–H and O–H groups in total. The van der Waals surface area contributed by atoms with Gasteiger partial charge in [0.15, 0.2) is 0 Å². The molecule has 1 aromatic rings. The van der Waals surface area contributed by atoms with Crippen LogP contribution in [0.3, 0.4) is 0 Å². The summed E-state index contributed by atoms with van der Waals surface area (Å²) in [6.45, 7) is 0. The van der Waals surface area contributed by atoms with Crippen molar-refractivity contribution in [3.63, 3.8) is 0 Å². The van der Waals surface area contributed by atoms with Crippen molar-refractivity contribution in [2.75, 3.05) is 5.32 Å². The second-order valence-electron chi connectivity index (χ2n) is 3.22. The molecule has 15 heavy (non-hydrogen) atoms. The van der Waals surface area contributed by atoms with E-state index in [1.807, 2.05) is 0 Å². The highest BCUT2D eigenvalue weighted by molar-refractivity contribution is 5.97. The van der Waals surface area contributed by atoms with Crippen molar-refractivity contribution in [2.45, 2.75) is 18.9 Å². The molecule has 1 saturated heterocycles. The summed E-state index contributed by atoms with van der Waals surface area (Å²) in [7, 11) is 0. The van der Waals surface area contributed by atoms with E-state index in [9.17, 15) is 9.59 Å². The second kappa shape index (κ2) is 4.04. The SMILES string of the molecule is O=C1CCC(C(=O)Nc2ncccn2)N1. The first-order valence-electron chi connectivity index (χ1n) is 4.63. The summed E-state index contributed by atoms with van der Waals surface area (Å²) in [6, 6.07) is 1.20. The predicted octanol–water partition coefficient (Wildman–Crippen LogP) is -0.306. The molecule has 78 valence electrons. The molecule has 6 nitrogen and oxygen atoms in total. The summed E-state index contributed by atoms with van der Waals surface area (Å²) in [5.41, 5.74) is 0. The van der Waals surface area contributed by atoms with E-state index in [2.05, 4.69) is 20.6 Å². The average molecular weight is 206 g/mol. The van der Waals surface area contributed by atoms with Crippen molar-refractivity contribution in [2.24, 2.45) is 0 Å². The molecule has 1 aliphatic rings. The number of carbonyl (C=O) groups is 2. The van der Waals surface area contributed by atoms with Gasteiger partial charge in [0, 0.05) is 18.8 Å². The fraction of sp³-hybridized carbons (Fsp3) is 0.333. The molecule has 0 bridgehead atoms. The molecule has 0 aromatic carbocycles. The molecule has 0 saturated carbocycles. The molecule has 2 rings (SSSR count). The number of anilines is 1. The minimum atomic E-state index is -0.457. The Hall–Kier alpha value is -1.98. The van der Waals surface area contributed by atoms with E-state index < -0.39 is 6.04 Å². The molecule has 1 fully saturated rings. The van der Waals surface area contributed by atoms with Gasteiger partial charge in [0.05, 0.1) is 0 Å². The van der Waals surface area contributed by atoms with E-state index in [1.165, 1.54) is 12.4 Å². The van der Waals surface area contributed by atoms with Gasteiger partial charge in [-0.2, -0.15) is 0 Å². The zero-order valence-corrected chi connectivity index (χ0v) is 7.93. The van der Waals surface area contributed by atoms with E-state index >= 15 is 0 Å². The minimum absolute atomic E-state index is 0.0934. The van der Waals surface area contributed by atoms with Crippen molar-refractivity contribution in [1.82, 2.24) is 15.3 Å². The van der Waals surface area contributed by atoms with Crippen LogP contribution < -0.4 is 10.6 Å². The average Bonchev–Trinajstić information content (AvgIpc) is 2.66. The Morgan fingerprint density at radius 3 is 2.80 bits per heavy atom. The second-order valence-corrected chi connectivity index (χ2v) is 3.22. The topological polar surface area (TPSA) is 84.0 Å². The van der Waals surface area contributed by atoms with Crippen LogP contribution >= 0.6 is 0 Å². The largest absolute Gasteiger partial charge is 0.344 e. The lowest BCUT2D eigenvalue weighted by Crippen LogP contribution is -2.37. The van der Waals surface area contributed by atoms with Crippen LogP contribution in [0.2, 0.25) is 0 Å². The Bertz CT molecular complexity index is 379. The van der Waals surface area contributed by atoms with Crippen LogP contribution in [-0.4, -0.2) is 27.8 Å². The summed E-state index contributed by atoms with van der Waals surface area (Å²) < 4.78 is 0. The molecular weight excluding hydrogens is 196 g/mol. The van der Waals surface area contributed by atoms with Gasteiger partial charge in [0.1, 0.15) is 6.04 Å². The van der Waals surface area contributed by atoms with Gasteiger partial charge in [-0.15, -0.1) is 0 Å². The van der Waals surface area contributed by atoms with Gasteiger partial charge in [0.25, 0.3) is 0 Å². The van der Waals surface area contributed by atoms with Crippen LogP contribution in [0.25, 0.3) is 0 Å². The summed E-state index contributed by atoms with van der Waals surface area (Å²) in [5, 5.41) is 5.10. The lowest BCUT2D eigenvalue weighted by atomic mass is 10.2. The maximum absolute atomic E-state index is 11.6. The van der Waals surface area contributed by atoms with Gasteiger partial charge in [-0.3, -0.25) is 14.9 Å². The zero-order chi connectivity index (χ0) is 10.7. The fourth-order valence-electron chi connectivity index (χ4n) is 1.37. The summed E-state index contributed by atoms with van der Waals surface area (Å²) in [4.78, 5) is 30.1. The molecular formula is C9H10N4O2. The summed E-state index contributed by atoms with van der Waals surface area (Å²) in [5.74, 6) is -0.111. The van der Waals surface area contributed by atoms with Crippen LogP contribution in [0.15, 0.2) is 18.5 Å². The molecule has 1 aliphatic heterocycles. The van der Waals surface area contributed by atoms with E-state index in [0.29, 0.717) is 12.8 Å². The summed E-state index contributed by atoms with van der Waals surface area (Å²) in [6.07, 6.45) is 4.00. The Balaban J connectivity index is 1.96.